The average molecular weight is 276 g/mol. The molecule has 0 fully saturated rings. The predicted molar refractivity (Wildman–Crippen MR) is 76.8 cm³/mol. The lowest BCUT2D eigenvalue weighted by atomic mass is 10.2. The number of benzene rings is 1. The van der Waals surface area contributed by atoms with Gasteiger partial charge in [-0.15, -0.1) is 0 Å². The zero-order valence-electron chi connectivity index (χ0n) is 11.0. The SMILES string of the molecule is CCn1c(N)c(NCc2ccc(O)cc2)c(=O)[nH]c1=O. The van der Waals surface area contributed by atoms with E-state index in [1.165, 1.54) is 4.57 Å². The van der Waals surface area contributed by atoms with Crippen LogP contribution in [0.5, 0.6) is 5.75 Å². The van der Waals surface area contributed by atoms with Crippen LogP contribution in [-0.4, -0.2) is 14.7 Å². The maximum Gasteiger partial charge on any atom is 0.330 e. The number of nitrogens with zero attached hydrogens (tertiary/aromatic N) is 1. The Morgan fingerprint density at radius 3 is 2.55 bits per heavy atom. The highest BCUT2D eigenvalue weighted by Crippen LogP contribution is 2.13. The number of rotatable bonds is 4. The second-order valence-electron chi connectivity index (χ2n) is 4.28. The number of aromatic nitrogens is 2. The Morgan fingerprint density at radius 1 is 1.30 bits per heavy atom. The van der Waals surface area contributed by atoms with Crippen LogP contribution in [0.3, 0.4) is 0 Å². The van der Waals surface area contributed by atoms with Crippen molar-refractivity contribution in [3.63, 3.8) is 0 Å². The summed E-state index contributed by atoms with van der Waals surface area (Å²) in [6, 6.07) is 6.56. The minimum absolute atomic E-state index is 0.111. The average Bonchev–Trinajstić information content (AvgIpc) is 2.40. The van der Waals surface area contributed by atoms with Crippen molar-refractivity contribution in [2.45, 2.75) is 20.0 Å². The van der Waals surface area contributed by atoms with E-state index in [9.17, 15) is 14.7 Å². The van der Waals surface area contributed by atoms with Gasteiger partial charge in [0.25, 0.3) is 5.56 Å². The van der Waals surface area contributed by atoms with E-state index in [1.54, 1.807) is 31.2 Å². The largest absolute Gasteiger partial charge is 0.508 e. The number of phenols is 1. The molecule has 2 aromatic rings. The Balaban J connectivity index is 2.28. The Bertz CT molecular complexity index is 716. The molecule has 1 heterocycles. The molecule has 1 aromatic heterocycles. The molecule has 0 saturated carbocycles. The molecule has 0 aliphatic rings. The second-order valence-corrected chi connectivity index (χ2v) is 4.28. The van der Waals surface area contributed by atoms with Crippen LogP contribution in [0.1, 0.15) is 12.5 Å². The van der Waals surface area contributed by atoms with Crippen molar-refractivity contribution in [2.75, 3.05) is 11.1 Å². The standard InChI is InChI=1S/C13H16N4O3/c1-2-17-11(14)10(12(19)16-13(17)20)15-7-8-3-5-9(18)6-4-8/h3-6,15,18H,2,7,14H2,1H3,(H,16,19,20). The maximum absolute atomic E-state index is 11.8. The molecule has 20 heavy (non-hydrogen) atoms. The maximum atomic E-state index is 11.8. The van der Waals surface area contributed by atoms with Gasteiger partial charge in [0.2, 0.25) is 0 Å². The number of nitrogen functional groups attached to an aromatic ring is 1. The van der Waals surface area contributed by atoms with Crippen molar-refractivity contribution in [3.8, 4) is 5.75 Å². The number of hydrogen-bond acceptors (Lipinski definition) is 5. The number of anilines is 2. The first kappa shape index (κ1) is 13.7. The molecule has 0 atom stereocenters. The van der Waals surface area contributed by atoms with Gasteiger partial charge in [0, 0.05) is 13.1 Å². The van der Waals surface area contributed by atoms with Gasteiger partial charge in [-0.3, -0.25) is 14.3 Å². The van der Waals surface area contributed by atoms with Crippen LogP contribution in [0.25, 0.3) is 0 Å². The molecule has 7 heteroatoms. The zero-order valence-corrected chi connectivity index (χ0v) is 11.0. The van der Waals surface area contributed by atoms with E-state index in [2.05, 4.69) is 10.3 Å². The molecule has 0 unspecified atom stereocenters. The number of aromatic amines is 1. The molecule has 0 radical (unpaired) electrons. The summed E-state index contributed by atoms with van der Waals surface area (Å²) in [7, 11) is 0. The van der Waals surface area contributed by atoms with E-state index in [1.807, 2.05) is 0 Å². The van der Waals surface area contributed by atoms with Gasteiger partial charge in [-0.05, 0) is 24.6 Å². The fourth-order valence-corrected chi connectivity index (χ4v) is 1.88. The van der Waals surface area contributed by atoms with Crippen LogP contribution in [0, 0.1) is 0 Å². The summed E-state index contributed by atoms with van der Waals surface area (Å²) in [5.41, 5.74) is 5.79. The number of aromatic hydroxyl groups is 1. The molecule has 0 amide bonds. The van der Waals surface area contributed by atoms with E-state index in [0.29, 0.717) is 13.1 Å². The third-order valence-corrected chi connectivity index (χ3v) is 2.96. The molecule has 1 aromatic carbocycles. The van der Waals surface area contributed by atoms with Crippen molar-refractivity contribution in [2.24, 2.45) is 0 Å². The van der Waals surface area contributed by atoms with Gasteiger partial charge in [-0.25, -0.2) is 4.79 Å². The van der Waals surface area contributed by atoms with E-state index < -0.39 is 11.2 Å². The van der Waals surface area contributed by atoms with Crippen LogP contribution in [0.4, 0.5) is 11.5 Å². The molecule has 0 saturated heterocycles. The Morgan fingerprint density at radius 2 is 1.95 bits per heavy atom. The van der Waals surface area contributed by atoms with E-state index >= 15 is 0 Å². The number of hydrogen-bond donors (Lipinski definition) is 4. The fraction of sp³-hybridized carbons (Fsp3) is 0.231. The molecule has 0 spiro atoms. The van der Waals surface area contributed by atoms with Crippen LogP contribution in [0.15, 0.2) is 33.9 Å². The molecule has 0 aliphatic carbocycles. The summed E-state index contributed by atoms with van der Waals surface area (Å²) < 4.78 is 1.28. The highest BCUT2D eigenvalue weighted by Gasteiger charge is 2.10. The normalized spacial score (nSPS) is 10.4. The zero-order chi connectivity index (χ0) is 14.7. The van der Waals surface area contributed by atoms with E-state index in [4.69, 9.17) is 5.73 Å². The summed E-state index contributed by atoms with van der Waals surface area (Å²) in [6.07, 6.45) is 0. The van der Waals surface area contributed by atoms with Gasteiger partial charge in [-0.1, -0.05) is 12.1 Å². The Kier molecular flexibility index (Phi) is 3.79. The van der Waals surface area contributed by atoms with Gasteiger partial charge in [0.15, 0.2) is 0 Å². The lowest BCUT2D eigenvalue weighted by Crippen LogP contribution is -2.33. The number of phenolic OH excluding ortho intramolecular Hbond substituents is 1. The molecule has 7 nitrogen and oxygen atoms in total. The summed E-state index contributed by atoms with van der Waals surface area (Å²) in [6.45, 7) is 2.49. The quantitative estimate of drug-likeness (QED) is 0.648. The van der Waals surface area contributed by atoms with Crippen LogP contribution >= 0.6 is 0 Å². The second kappa shape index (κ2) is 5.52. The van der Waals surface area contributed by atoms with E-state index in [-0.39, 0.29) is 17.3 Å². The minimum atomic E-state index is -0.545. The summed E-state index contributed by atoms with van der Waals surface area (Å²) in [4.78, 5) is 25.5. The molecule has 2 rings (SSSR count). The lowest BCUT2D eigenvalue weighted by molar-refractivity contribution is 0.475. The van der Waals surface area contributed by atoms with Gasteiger partial charge >= 0.3 is 5.69 Å². The molecular formula is C13H16N4O3. The van der Waals surface area contributed by atoms with Crippen LogP contribution in [-0.2, 0) is 13.1 Å². The van der Waals surface area contributed by atoms with Gasteiger partial charge in [0.05, 0.1) is 0 Å². The van der Waals surface area contributed by atoms with Gasteiger partial charge in [0.1, 0.15) is 17.3 Å². The highest BCUT2D eigenvalue weighted by molar-refractivity contribution is 5.60. The smallest absolute Gasteiger partial charge is 0.330 e. The molecular weight excluding hydrogens is 260 g/mol. The fourth-order valence-electron chi connectivity index (χ4n) is 1.88. The molecule has 106 valence electrons. The topological polar surface area (TPSA) is 113 Å². The molecule has 5 N–H and O–H groups in total. The predicted octanol–water partition coefficient (Wildman–Crippen LogP) is 0.456. The summed E-state index contributed by atoms with van der Waals surface area (Å²) in [5, 5.41) is 12.1. The minimum Gasteiger partial charge on any atom is -0.508 e. The highest BCUT2D eigenvalue weighted by atomic mass is 16.3. The lowest BCUT2D eigenvalue weighted by Gasteiger charge is -2.12. The first-order valence-corrected chi connectivity index (χ1v) is 6.17. The monoisotopic (exact) mass is 276 g/mol. The van der Waals surface area contributed by atoms with Gasteiger partial charge in [-0.2, -0.15) is 0 Å². The van der Waals surface area contributed by atoms with Crippen molar-refractivity contribution in [1.82, 2.24) is 9.55 Å². The Hall–Kier alpha value is -2.70. The van der Waals surface area contributed by atoms with Crippen molar-refractivity contribution >= 4 is 11.5 Å². The third-order valence-electron chi connectivity index (χ3n) is 2.96. The van der Waals surface area contributed by atoms with Crippen LogP contribution in [0.2, 0.25) is 0 Å². The third kappa shape index (κ3) is 2.66. The Labute approximate surface area is 114 Å². The number of nitrogens with one attached hydrogen (secondary N) is 2. The number of H-pyrrole nitrogens is 1. The first-order chi connectivity index (χ1) is 9.52. The molecule has 0 aliphatic heterocycles. The van der Waals surface area contributed by atoms with Crippen molar-refractivity contribution in [3.05, 3.63) is 50.7 Å². The van der Waals surface area contributed by atoms with Crippen molar-refractivity contribution in [1.29, 1.82) is 0 Å². The van der Waals surface area contributed by atoms with Crippen LogP contribution < -0.4 is 22.3 Å². The summed E-state index contributed by atoms with van der Waals surface area (Å²) in [5.74, 6) is 0.283. The van der Waals surface area contributed by atoms with Gasteiger partial charge < -0.3 is 16.2 Å². The molecule has 0 bridgehead atoms. The van der Waals surface area contributed by atoms with Crippen molar-refractivity contribution < 1.29 is 5.11 Å². The first-order valence-electron chi connectivity index (χ1n) is 6.17. The number of nitrogens with two attached hydrogens (primary N) is 1. The van der Waals surface area contributed by atoms with E-state index in [0.717, 1.165) is 5.56 Å². The summed E-state index contributed by atoms with van der Waals surface area (Å²) >= 11 is 0.